The smallest absolute Gasteiger partial charge is 0.189 e. The minimum Gasteiger partial charge on any atom is -0.489 e. The Bertz CT molecular complexity index is 2250. The van der Waals surface area contributed by atoms with Gasteiger partial charge in [0.05, 0.1) is 29.8 Å². The topological polar surface area (TPSA) is 65.3 Å². The van der Waals surface area contributed by atoms with E-state index >= 15 is 0 Å². The highest BCUT2D eigenvalue weighted by Gasteiger charge is 2.47. The van der Waals surface area contributed by atoms with Crippen molar-refractivity contribution in [3.05, 3.63) is 184 Å². The van der Waals surface area contributed by atoms with E-state index in [1.807, 2.05) is 6.07 Å². The van der Waals surface area contributed by atoms with Gasteiger partial charge in [0, 0.05) is 30.6 Å². The molecule has 2 heterocycles. The van der Waals surface area contributed by atoms with Crippen molar-refractivity contribution in [1.82, 2.24) is 14.9 Å². The van der Waals surface area contributed by atoms with Gasteiger partial charge in [0.2, 0.25) is 0 Å². The predicted molar refractivity (Wildman–Crippen MR) is 230 cm³/mol. The number of ether oxygens (including phenoxy) is 1. The molecule has 5 aromatic carbocycles. The lowest BCUT2D eigenvalue weighted by Crippen LogP contribution is -2.60. The van der Waals surface area contributed by atoms with E-state index in [-0.39, 0.29) is 11.5 Å². The van der Waals surface area contributed by atoms with Crippen LogP contribution < -0.4 is 9.64 Å². The molecule has 0 bridgehead atoms. The van der Waals surface area contributed by atoms with Crippen LogP contribution in [0.2, 0.25) is 0 Å². The number of nitrogens with zero attached hydrogens (tertiary/aromatic N) is 5. The Hall–Kier alpha value is -5.42. The Labute approximate surface area is 341 Å². The normalized spacial score (nSPS) is 19.4. The average Bonchev–Trinajstić information content (AvgIpc) is 3.27. The quantitative estimate of drug-likeness (QED) is 0.0782. The summed E-state index contributed by atoms with van der Waals surface area (Å²) in [7, 11) is 0. The van der Waals surface area contributed by atoms with E-state index in [0.717, 1.165) is 61.9 Å². The Morgan fingerprint density at radius 1 is 0.789 bits per heavy atom. The number of piperazine rings is 1. The van der Waals surface area contributed by atoms with Crippen LogP contribution in [0.3, 0.4) is 0 Å². The summed E-state index contributed by atoms with van der Waals surface area (Å²) in [6, 6.07) is 52.4. The number of hydrogen-bond acceptors (Lipinski definition) is 7. The maximum atomic E-state index is 10.4. The molecule has 1 unspecified atom stereocenters. The van der Waals surface area contributed by atoms with Crippen LogP contribution in [0, 0.1) is 11.3 Å². The highest BCUT2D eigenvalue weighted by Crippen LogP contribution is 2.49. The first-order valence-electron chi connectivity index (χ1n) is 20.4. The summed E-state index contributed by atoms with van der Waals surface area (Å²) in [5, 5.41) is 11.2. The number of nitriles is 1. The predicted octanol–water partition coefficient (Wildman–Crippen LogP) is 9.94. The Morgan fingerprint density at radius 2 is 1.44 bits per heavy atom. The van der Waals surface area contributed by atoms with Crippen LogP contribution in [-0.4, -0.2) is 46.8 Å². The van der Waals surface area contributed by atoms with E-state index in [4.69, 9.17) is 14.7 Å². The number of fused-ring (bicyclic) bond motifs is 3. The molecule has 6 nitrogen and oxygen atoms in total. The Kier molecular flexibility index (Phi) is 10.6. The fourth-order valence-corrected chi connectivity index (χ4v) is 10.5. The monoisotopic (exact) mass is 767 g/mol. The molecular formula is C50H49N5OS. The maximum absolute atomic E-state index is 10.4. The summed E-state index contributed by atoms with van der Waals surface area (Å²) in [4.78, 5) is 15.7. The van der Waals surface area contributed by atoms with Crippen LogP contribution >= 0.6 is 11.8 Å². The number of anilines is 1. The van der Waals surface area contributed by atoms with Crippen molar-refractivity contribution >= 4 is 17.6 Å². The van der Waals surface area contributed by atoms with E-state index in [0.29, 0.717) is 19.6 Å². The number of thioether (sulfide) groups is 1. The van der Waals surface area contributed by atoms with Gasteiger partial charge in [-0.25, -0.2) is 9.97 Å². The minimum absolute atomic E-state index is 0.0133. The van der Waals surface area contributed by atoms with Gasteiger partial charge in [-0.2, -0.15) is 5.26 Å². The lowest BCUT2D eigenvalue weighted by Gasteiger charge is -2.52. The number of hydrogen-bond donors (Lipinski definition) is 0. The molecule has 0 N–H and O–H groups in total. The number of aromatic nitrogens is 2. The second-order valence-corrected chi connectivity index (χ2v) is 16.6. The molecule has 7 heteroatoms. The highest BCUT2D eigenvalue weighted by molar-refractivity contribution is 7.98. The molecular weight excluding hydrogens is 719 g/mol. The molecule has 6 aromatic rings. The molecule has 3 aliphatic rings. The van der Waals surface area contributed by atoms with Crippen LogP contribution in [0.5, 0.6) is 5.75 Å². The van der Waals surface area contributed by atoms with Gasteiger partial charge in [0.15, 0.2) is 5.16 Å². The lowest BCUT2D eigenvalue weighted by molar-refractivity contribution is 0.125. The maximum Gasteiger partial charge on any atom is 0.189 e. The fourth-order valence-electron chi connectivity index (χ4n) is 10.1. The summed E-state index contributed by atoms with van der Waals surface area (Å²) in [6.07, 6.45) is 8.76. The van der Waals surface area contributed by atoms with Crippen molar-refractivity contribution in [2.75, 3.05) is 30.8 Å². The number of aryl methyl sites for hydroxylation is 1. The van der Waals surface area contributed by atoms with Crippen molar-refractivity contribution in [3.63, 3.8) is 0 Å². The summed E-state index contributed by atoms with van der Waals surface area (Å²) >= 11 is 1.61. The molecule has 1 spiro atoms. The van der Waals surface area contributed by atoms with Gasteiger partial charge >= 0.3 is 0 Å². The molecule has 1 aliphatic heterocycles. The zero-order valence-corrected chi connectivity index (χ0v) is 33.5. The van der Waals surface area contributed by atoms with Crippen molar-refractivity contribution in [1.29, 1.82) is 5.26 Å². The van der Waals surface area contributed by atoms with Gasteiger partial charge < -0.3 is 9.64 Å². The summed E-state index contributed by atoms with van der Waals surface area (Å²) in [6.45, 7) is 2.83. The first-order valence-corrected chi connectivity index (χ1v) is 21.6. The minimum atomic E-state index is -0.538. The third kappa shape index (κ3) is 7.00. The highest BCUT2D eigenvalue weighted by atomic mass is 32.2. The van der Waals surface area contributed by atoms with Crippen molar-refractivity contribution < 1.29 is 4.74 Å². The van der Waals surface area contributed by atoms with E-state index in [9.17, 15) is 5.26 Å². The molecule has 0 radical (unpaired) electrons. The molecule has 9 rings (SSSR count). The molecule has 57 heavy (non-hydrogen) atoms. The van der Waals surface area contributed by atoms with Crippen LogP contribution in [-0.2, 0) is 36.8 Å². The first-order chi connectivity index (χ1) is 28.1. The zero-order chi connectivity index (χ0) is 38.7. The van der Waals surface area contributed by atoms with Crippen LogP contribution in [0.4, 0.5) is 5.82 Å². The Balaban J connectivity index is 1.07. The second-order valence-electron chi connectivity index (χ2n) is 15.8. The van der Waals surface area contributed by atoms with Crippen LogP contribution in [0.1, 0.15) is 70.3 Å². The van der Waals surface area contributed by atoms with Gasteiger partial charge in [-0.05, 0) is 90.3 Å². The second kappa shape index (κ2) is 16.2. The molecule has 0 saturated carbocycles. The van der Waals surface area contributed by atoms with Crippen LogP contribution in [0.25, 0.3) is 0 Å². The SMILES string of the molecule is CSc1nc2c(c(N3CCN(C(c4ccccc4)(c4ccccc4)c4ccccc4)C[C@@H]3CC#N)n1)CCC1(CCCc3ccc(OCc4ccccc4)cc31)C2. The molecule has 2 aliphatic carbocycles. The summed E-state index contributed by atoms with van der Waals surface area (Å²) < 4.78 is 6.38. The van der Waals surface area contributed by atoms with E-state index in [2.05, 4.69) is 156 Å². The fraction of sp³-hybridized carbons (Fsp3) is 0.300. The number of benzene rings is 5. The molecule has 1 saturated heterocycles. The van der Waals surface area contributed by atoms with Gasteiger partial charge in [0.25, 0.3) is 0 Å². The zero-order valence-electron chi connectivity index (χ0n) is 32.7. The van der Waals surface area contributed by atoms with Gasteiger partial charge in [-0.3, -0.25) is 4.90 Å². The molecule has 0 amide bonds. The summed E-state index contributed by atoms with van der Waals surface area (Å²) in [5.41, 5.74) is 9.64. The molecule has 286 valence electrons. The van der Waals surface area contributed by atoms with Crippen LogP contribution in [0.15, 0.2) is 145 Å². The summed E-state index contributed by atoms with van der Waals surface area (Å²) in [5.74, 6) is 1.97. The van der Waals surface area contributed by atoms with Gasteiger partial charge in [-0.15, -0.1) is 0 Å². The van der Waals surface area contributed by atoms with E-state index in [1.54, 1.807) is 11.8 Å². The third-order valence-electron chi connectivity index (χ3n) is 12.7. The largest absolute Gasteiger partial charge is 0.489 e. The lowest BCUT2D eigenvalue weighted by atomic mass is 9.62. The first kappa shape index (κ1) is 37.2. The van der Waals surface area contributed by atoms with Crippen molar-refractivity contribution in [2.24, 2.45) is 0 Å². The third-order valence-corrected chi connectivity index (χ3v) is 13.3. The van der Waals surface area contributed by atoms with Gasteiger partial charge in [0.1, 0.15) is 18.2 Å². The van der Waals surface area contributed by atoms with E-state index in [1.165, 1.54) is 51.1 Å². The average molecular weight is 768 g/mol. The standard InChI is InChI=1S/C50H49N5OS/c1-57-48-52-46-34-49(28-14-17-38-24-25-43(33-45(38)49)56-36-37-15-6-2-7-16-37)29-26-44(46)47(53-48)55-32-31-54(35-42(55)27-30-51)50(39-18-8-3-9-19-39,40-20-10-4-11-21-40)41-22-12-5-13-23-41/h2-13,15-16,18-25,33,42H,14,17,26-29,31-32,34-36H2,1H3/t42-,49?/m0/s1. The number of rotatable bonds is 10. The Morgan fingerprint density at radius 3 is 2.07 bits per heavy atom. The van der Waals surface area contributed by atoms with E-state index < -0.39 is 5.54 Å². The van der Waals surface area contributed by atoms with Gasteiger partial charge in [-0.1, -0.05) is 139 Å². The van der Waals surface area contributed by atoms with Crippen molar-refractivity contribution in [3.8, 4) is 11.8 Å². The van der Waals surface area contributed by atoms with Crippen molar-refractivity contribution in [2.45, 2.75) is 73.7 Å². The molecule has 2 atom stereocenters. The molecule has 1 aromatic heterocycles. The molecule has 1 fully saturated rings.